The van der Waals surface area contributed by atoms with Gasteiger partial charge in [-0.25, -0.2) is 4.98 Å². The van der Waals surface area contributed by atoms with E-state index in [-0.39, 0.29) is 0 Å². The van der Waals surface area contributed by atoms with Crippen molar-refractivity contribution in [3.63, 3.8) is 0 Å². The van der Waals surface area contributed by atoms with Gasteiger partial charge in [-0.2, -0.15) is 8.42 Å². The maximum Gasteiger partial charge on any atom is 0.306 e. The quantitative estimate of drug-likeness (QED) is 0.595. The van der Waals surface area contributed by atoms with Gasteiger partial charge < -0.3 is 0 Å². The van der Waals surface area contributed by atoms with Gasteiger partial charge in [-0.3, -0.25) is 0 Å². The molecule has 0 aliphatic heterocycles. The van der Waals surface area contributed by atoms with Gasteiger partial charge in [-0.1, -0.05) is 6.07 Å². The van der Waals surface area contributed by atoms with Gasteiger partial charge in [0.05, 0.1) is 0 Å². The summed E-state index contributed by atoms with van der Waals surface area (Å²) in [5, 5.41) is 0. The molecule has 0 fully saturated rings. The van der Waals surface area contributed by atoms with Gasteiger partial charge in [0.1, 0.15) is 10.4 Å². The third-order valence-electron chi connectivity index (χ3n) is 1.16. The number of halogens is 2. The van der Waals surface area contributed by atoms with E-state index in [2.05, 4.69) is 20.9 Å². The number of pyridine rings is 1. The maximum absolute atomic E-state index is 12.2. The molecule has 1 rings (SSSR count). The molecule has 0 atom stereocenters. The minimum atomic E-state index is -4.47. The zero-order chi connectivity index (χ0) is 9.19. The molecule has 0 amide bonds. The normalized spacial score (nSPS) is 11.5. The predicted molar refractivity (Wildman–Crippen MR) is 45.7 cm³/mol. The smallest absolute Gasteiger partial charge is 0.249 e. The molecule has 0 aliphatic rings. The summed E-state index contributed by atoms with van der Waals surface area (Å²) in [6.07, 6.45) is 1.48. The van der Waals surface area contributed by atoms with Crippen LogP contribution in [0.25, 0.3) is 0 Å². The fraction of sp³-hybridized carbons (Fsp3) is 0.167. The molecular weight excluding hydrogens is 249 g/mol. The number of hydrogen-bond acceptors (Lipinski definition) is 3. The van der Waals surface area contributed by atoms with Crippen LogP contribution in [0.5, 0.6) is 0 Å². The van der Waals surface area contributed by atoms with Gasteiger partial charge in [0.2, 0.25) is 0 Å². The highest BCUT2D eigenvalue weighted by Crippen LogP contribution is 2.15. The van der Waals surface area contributed by atoms with Crippen molar-refractivity contribution in [2.24, 2.45) is 0 Å². The first-order valence-electron chi connectivity index (χ1n) is 3.01. The Hall–Kier alpha value is -0.490. The number of rotatable bonds is 2. The molecule has 0 radical (unpaired) electrons. The zero-order valence-corrected chi connectivity index (χ0v) is 8.27. The van der Waals surface area contributed by atoms with Crippen molar-refractivity contribution in [2.45, 2.75) is 5.75 Å². The zero-order valence-electron chi connectivity index (χ0n) is 5.87. The molecule has 66 valence electrons. The van der Waals surface area contributed by atoms with Crippen molar-refractivity contribution in [1.82, 2.24) is 4.98 Å². The second kappa shape index (κ2) is 3.49. The number of hydrogen-bond donors (Lipinski definition) is 0. The van der Waals surface area contributed by atoms with Crippen molar-refractivity contribution < 1.29 is 12.3 Å². The summed E-state index contributed by atoms with van der Waals surface area (Å²) in [4.78, 5) is 3.75. The summed E-state index contributed by atoms with van der Waals surface area (Å²) < 4.78 is 33.0. The van der Waals surface area contributed by atoms with Gasteiger partial charge in [-0.15, -0.1) is 3.89 Å². The molecule has 0 unspecified atom stereocenters. The van der Waals surface area contributed by atoms with E-state index in [0.717, 1.165) is 0 Å². The third kappa shape index (κ3) is 2.86. The lowest BCUT2D eigenvalue weighted by atomic mass is 10.3. The minimum Gasteiger partial charge on any atom is -0.249 e. The van der Waals surface area contributed by atoms with Crippen LogP contribution >= 0.6 is 15.9 Å². The summed E-state index contributed by atoms with van der Waals surface area (Å²) in [6.45, 7) is 0. The standard InChI is InChI=1S/C6H5BrFNO2S/c7-6-5(2-1-3-9-6)4-12(8,10)11/h1-3H,4H2. The molecule has 0 N–H and O–H groups in total. The average Bonchev–Trinajstić information content (AvgIpc) is 1.91. The molecule has 0 aliphatic carbocycles. The van der Waals surface area contributed by atoms with Crippen LogP contribution in [0.2, 0.25) is 0 Å². The highest BCUT2D eigenvalue weighted by Gasteiger charge is 2.11. The molecule has 0 bridgehead atoms. The topological polar surface area (TPSA) is 47.0 Å². The summed E-state index contributed by atoms with van der Waals surface area (Å²) >= 11 is 3.01. The van der Waals surface area contributed by atoms with Crippen LogP contribution in [0.3, 0.4) is 0 Å². The molecular formula is C6H5BrFNO2S. The van der Waals surface area contributed by atoms with E-state index >= 15 is 0 Å². The van der Waals surface area contributed by atoms with Crippen molar-refractivity contribution in [3.8, 4) is 0 Å². The summed E-state index contributed by atoms with van der Waals surface area (Å²) in [5.41, 5.74) is 0.319. The minimum absolute atomic E-state index is 0.319. The van der Waals surface area contributed by atoms with Crippen molar-refractivity contribution in [3.05, 3.63) is 28.5 Å². The molecule has 6 heteroatoms. The van der Waals surface area contributed by atoms with Gasteiger partial charge in [0, 0.05) is 11.8 Å². The molecule has 0 aromatic carbocycles. The van der Waals surface area contributed by atoms with Crippen LogP contribution in [0.4, 0.5) is 3.89 Å². The first-order valence-corrected chi connectivity index (χ1v) is 5.35. The Morgan fingerprint density at radius 2 is 2.25 bits per heavy atom. The molecule has 3 nitrogen and oxygen atoms in total. The highest BCUT2D eigenvalue weighted by atomic mass is 79.9. The molecule has 0 spiro atoms. The molecule has 0 saturated heterocycles. The van der Waals surface area contributed by atoms with E-state index in [1.165, 1.54) is 12.3 Å². The molecule has 1 aromatic rings. The predicted octanol–water partition coefficient (Wildman–Crippen LogP) is 1.64. The first kappa shape index (κ1) is 9.60. The monoisotopic (exact) mass is 253 g/mol. The fourth-order valence-electron chi connectivity index (χ4n) is 0.713. The Bertz CT molecular complexity index is 379. The maximum atomic E-state index is 12.2. The summed E-state index contributed by atoms with van der Waals surface area (Å²) in [5.74, 6) is -0.637. The van der Waals surface area contributed by atoms with E-state index in [1.807, 2.05) is 0 Å². The summed E-state index contributed by atoms with van der Waals surface area (Å²) in [7, 11) is -4.47. The Morgan fingerprint density at radius 3 is 2.75 bits per heavy atom. The molecule has 12 heavy (non-hydrogen) atoms. The lowest BCUT2D eigenvalue weighted by Crippen LogP contribution is -1.97. The van der Waals surface area contributed by atoms with Crippen LogP contribution in [-0.4, -0.2) is 13.4 Å². The number of aromatic nitrogens is 1. The van der Waals surface area contributed by atoms with E-state index < -0.39 is 16.0 Å². The van der Waals surface area contributed by atoms with Gasteiger partial charge in [0.25, 0.3) is 0 Å². The Balaban J connectivity index is 2.98. The fourth-order valence-corrected chi connectivity index (χ4v) is 1.89. The molecule has 0 saturated carbocycles. The Kier molecular flexibility index (Phi) is 2.79. The van der Waals surface area contributed by atoms with Crippen molar-refractivity contribution in [1.29, 1.82) is 0 Å². The van der Waals surface area contributed by atoms with Crippen LogP contribution in [0.1, 0.15) is 5.56 Å². The summed E-state index contributed by atoms with van der Waals surface area (Å²) in [6, 6.07) is 3.04. The Labute approximate surface area is 78.0 Å². The third-order valence-corrected chi connectivity index (χ3v) is 2.53. The second-order valence-corrected chi connectivity index (χ2v) is 4.25. The molecule has 1 aromatic heterocycles. The lowest BCUT2D eigenvalue weighted by Gasteiger charge is -1.97. The van der Waals surface area contributed by atoms with Gasteiger partial charge >= 0.3 is 10.2 Å². The van der Waals surface area contributed by atoms with Gasteiger partial charge in [-0.05, 0) is 22.0 Å². The van der Waals surface area contributed by atoms with E-state index in [9.17, 15) is 12.3 Å². The number of nitrogens with zero attached hydrogens (tertiary/aromatic N) is 1. The van der Waals surface area contributed by atoms with Crippen LogP contribution in [0, 0.1) is 0 Å². The lowest BCUT2D eigenvalue weighted by molar-refractivity contribution is 0.551. The van der Waals surface area contributed by atoms with E-state index in [0.29, 0.717) is 10.2 Å². The Morgan fingerprint density at radius 1 is 1.58 bits per heavy atom. The SMILES string of the molecule is O=S(=O)(F)Cc1cccnc1Br. The van der Waals surface area contributed by atoms with Crippen molar-refractivity contribution in [2.75, 3.05) is 0 Å². The van der Waals surface area contributed by atoms with Crippen molar-refractivity contribution >= 4 is 26.2 Å². The second-order valence-electron chi connectivity index (χ2n) is 2.14. The van der Waals surface area contributed by atoms with Crippen LogP contribution in [-0.2, 0) is 16.0 Å². The average molecular weight is 254 g/mol. The molecule has 1 heterocycles. The van der Waals surface area contributed by atoms with E-state index in [4.69, 9.17) is 0 Å². The highest BCUT2D eigenvalue weighted by molar-refractivity contribution is 9.10. The van der Waals surface area contributed by atoms with E-state index in [1.54, 1.807) is 6.07 Å². The van der Waals surface area contributed by atoms with Crippen LogP contribution < -0.4 is 0 Å². The largest absolute Gasteiger partial charge is 0.306 e. The van der Waals surface area contributed by atoms with Crippen LogP contribution in [0.15, 0.2) is 22.9 Å². The van der Waals surface area contributed by atoms with Gasteiger partial charge in [0.15, 0.2) is 0 Å². The first-order chi connectivity index (χ1) is 5.49.